The second-order valence-corrected chi connectivity index (χ2v) is 6.16. The van der Waals surface area contributed by atoms with Gasteiger partial charge < -0.3 is 14.7 Å². The average molecular weight is 300 g/mol. The van der Waals surface area contributed by atoms with Gasteiger partial charge in [-0.15, -0.1) is 0 Å². The van der Waals surface area contributed by atoms with Gasteiger partial charge >= 0.3 is 5.97 Å². The smallest absolute Gasteiger partial charge is 0.310 e. The van der Waals surface area contributed by atoms with E-state index < -0.39 is 29.5 Å². The van der Waals surface area contributed by atoms with Crippen LogP contribution < -0.4 is 0 Å². The highest BCUT2D eigenvalue weighted by Crippen LogP contribution is 2.53. The van der Waals surface area contributed by atoms with E-state index in [1.165, 1.54) is 0 Å². The van der Waals surface area contributed by atoms with Crippen LogP contribution in [0.25, 0.3) is 0 Å². The van der Waals surface area contributed by atoms with Gasteiger partial charge in [0, 0.05) is 12.4 Å². The van der Waals surface area contributed by atoms with Gasteiger partial charge in [-0.3, -0.25) is 14.6 Å². The Bertz CT molecular complexity index is 674. The molecular weight excluding hydrogens is 284 g/mol. The van der Waals surface area contributed by atoms with Crippen molar-refractivity contribution in [2.45, 2.75) is 24.7 Å². The fourth-order valence-corrected chi connectivity index (χ4v) is 3.96. The van der Waals surface area contributed by atoms with E-state index >= 15 is 0 Å². The van der Waals surface area contributed by atoms with Crippen molar-refractivity contribution in [3.63, 3.8) is 0 Å². The largest absolute Gasteiger partial charge is 0.481 e. The van der Waals surface area contributed by atoms with Crippen LogP contribution in [0.15, 0.2) is 36.7 Å². The van der Waals surface area contributed by atoms with Crippen LogP contribution in [0.5, 0.6) is 0 Å². The van der Waals surface area contributed by atoms with E-state index in [0.717, 1.165) is 5.56 Å². The first-order chi connectivity index (χ1) is 10.5. The van der Waals surface area contributed by atoms with Gasteiger partial charge in [0.2, 0.25) is 5.91 Å². The molecule has 6 nitrogen and oxygen atoms in total. The van der Waals surface area contributed by atoms with Crippen molar-refractivity contribution >= 4 is 11.9 Å². The minimum absolute atomic E-state index is 0.136. The summed E-state index contributed by atoms with van der Waals surface area (Å²) in [5.41, 5.74) is 0.205. The van der Waals surface area contributed by atoms with Crippen LogP contribution in [0.4, 0.5) is 0 Å². The van der Waals surface area contributed by atoms with Gasteiger partial charge in [-0.05, 0) is 24.6 Å². The average Bonchev–Trinajstić information content (AvgIpc) is 3.15. The zero-order chi connectivity index (χ0) is 15.5. The maximum absolute atomic E-state index is 12.8. The Balaban J connectivity index is 1.68. The summed E-state index contributed by atoms with van der Waals surface area (Å²) in [6, 6.07) is 3.60. The molecule has 2 bridgehead atoms. The number of aliphatic carboxylic acids is 1. The molecular formula is C16H16N2O4. The van der Waals surface area contributed by atoms with Crippen molar-refractivity contribution in [3.8, 4) is 0 Å². The lowest BCUT2D eigenvalue weighted by Gasteiger charge is -2.27. The van der Waals surface area contributed by atoms with Gasteiger partial charge in [-0.25, -0.2) is 0 Å². The van der Waals surface area contributed by atoms with Crippen LogP contribution in [0.2, 0.25) is 0 Å². The van der Waals surface area contributed by atoms with Gasteiger partial charge in [0.15, 0.2) is 0 Å². The van der Waals surface area contributed by atoms with Crippen molar-refractivity contribution in [1.82, 2.24) is 9.88 Å². The van der Waals surface area contributed by atoms with Crippen molar-refractivity contribution in [1.29, 1.82) is 0 Å². The predicted molar refractivity (Wildman–Crippen MR) is 75.7 cm³/mol. The third kappa shape index (κ3) is 1.61. The predicted octanol–water partition coefficient (Wildman–Crippen LogP) is 1.01. The molecule has 2 saturated heterocycles. The second kappa shape index (κ2) is 4.39. The van der Waals surface area contributed by atoms with Gasteiger partial charge in [0.1, 0.15) is 11.5 Å². The number of carbonyl (C=O) groups is 2. The van der Waals surface area contributed by atoms with Gasteiger partial charge in [0.05, 0.1) is 24.6 Å². The molecule has 2 fully saturated rings. The molecule has 4 rings (SSSR count). The SMILES string of the molecule is C[C@@H](c1ccncc1)N1C[C@@]23C=C[C@H](O2)[C@H](C(=O)O)[C@@H]3C1=O. The summed E-state index contributed by atoms with van der Waals surface area (Å²) < 4.78 is 5.88. The molecule has 0 unspecified atom stereocenters. The van der Waals surface area contributed by atoms with Crippen LogP contribution in [0.3, 0.4) is 0 Å². The molecule has 6 heteroatoms. The van der Waals surface area contributed by atoms with Gasteiger partial charge in [-0.2, -0.15) is 0 Å². The third-order valence-electron chi connectivity index (χ3n) is 5.07. The highest BCUT2D eigenvalue weighted by molar-refractivity contribution is 5.91. The number of likely N-dealkylation sites (tertiary alicyclic amines) is 1. The monoisotopic (exact) mass is 300 g/mol. The molecule has 0 aliphatic carbocycles. The summed E-state index contributed by atoms with van der Waals surface area (Å²) in [7, 11) is 0. The Hall–Kier alpha value is -2.21. The molecule has 4 heterocycles. The van der Waals surface area contributed by atoms with Crippen LogP contribution in [-0.4, -0.2) is 45.1 Å². The number of carboxylic acid groups (broad SMARTS) is 1. The molecule has 0 radical (unpaired) electrons. The normalized spacial score (nSPS) is 36.7. The molecule has 3 aliphatic rings. The molecule has 0 saturated carbocycles. The maximum Gasteiger partial charge on any atom is 0.310 e. The Morgan fingerprint density at radius 3 is 2.91 bits per heavy atom. The molecule has 114 valence electrons. The number of carbonyl (C=O) groups excluding carboxylic acids is 1. The fraction of sp³-hybridized carbons (Fsp3) is 0.438. The Morgan fingerprint density at radius 1 is 1.50 bits per heavy atom. The highest BCUT2D eigenvalue weighted by Gasteiger charge is 2.67. The Morgan fingerprint density at radius 2 is 2.23 bits per heavy atom. The first-order valence-electron chi connectivity index (χ1n) is 7.34. The van der Waals surface area contributed by atoms with Crippen LogP contribution >= 0.6 is 0 Å². The molecule has 1 amide bonds. The summed E-state index contributed by atoms with van der Waals surface area (Å²) >= 11 is 0. The second-order valence-electron chi connectivity index (χ2n) is 6.16. The topological polar surface area (TPSA) is 79.7 Å². The number of ether oxygens (including phenoxy) is 1. The zero-order valence-corrected chi connectivity index (χ0v) is 12.0. The number of hydrogen-bond acceptors (Lipinski definition) is 4. The molecule has 1 aromatic heterocycles. The van der Waals surface area contributed by atoms with E-state index in [-0.39, 0.29) is 11.9 Å². The van der Waals surface area contributed by atoms with Crippen molar-refractivity contribution in [3.05, 3.63) is 42.2 Å². The summed E-state index contributed by atoms with van der Waals surface area (Å²) in [6.07, 6.45) is 6.55. The molecule has 3 aliphatic heterocycles. The number of fused-ring (bicyclic) bond motifs is 1. The van der Waals surface area contributed by atoms with E-state index in [1.807, 2.05) is 25.1 Å². The zero-order valence-electron chi connectivity index (χ0n) is 12.0. The number of carboxylic acids is 1. The number of rotatable bonds is 3. The lowest BCUT2D eigenvalue weighted by atomic mass is 9.77. The molecule has 1 N–H and O–H groups in total. The van der Waals surface area contributed by atoms with E-state index in [4.69, 9.17) is 4.74 Å². The number of aromatic nitrogens is 1. The Kier molecular flexibility index (Phi) is 2.69. The molecule has 22 heavy (non-hydrogen) atoms. The number of hydrogen-bond donors (Lipinski definition) is 1. The molecule has 0 aromatic carbocycles. The maximum atomic E-state index is 12.8. The summed E-state index contributed by atoms with van der Waals surface area (Å²) in [4.78, 5) is 30.1. The van der Waals surface area contributed by atoms with E-state index in [1.54, 1.807) is 23.4 Å². The van der Waals surface area contributed by atoms with Gasteiger partial charge in [0.25, 0.3) is 0 Å². The minimum atomic E-state index is -0.965. The summed E-state index contributed by atoms with van der Waals surface area (Å²) in [5, 5.41) is 9.45. The minimum Gasteiger partial charge on any atom is -0.481 e. The first kappa shape index (κ1) is 13.5. The van der Waals surface area contributed by atoms with Gasteiger partial charge in [-0.1, -0.05) is 12.2 Å². The Labute approximate surface area is 127 Å². The molecule has 5 atom stereocenters. The molecule has 1 spiro atoms. The quantitative estimate of drug-likeness (QED) is 0.843. The van der Waals surface area contributed by atoms with Crippen molar-refractivity contribution in [2.75, 3.05) is 6.54 Å². The standard InChI is InChI=1S/C16H16N2O4/c1-9(10-3-6-17-7-4-10)18-8-16-5-2-11(22-16)12(15(20)21)13(16)14(18)19/h2-7,9,11-13H,8H2,1H3,(H,20,21)/t9-,11-,12-,13+,16+/m0/s1. The number of nitrogens with zero attached hydrogens (tertiary/aromatic N) is 2. The van der Waals surface area contributed by atoms with Crippen molar-refractivity contribution < 1.29 is 19.4 Å². The summed E-state index contributed by atoms with van der Waals surface area (Å²) in [6.45, 7) is 2.34. The van der Waals surface area contributed by atoms with Crippen LogP contribution in [0.1, 0.15) is 18.5 Å². The summed E-state index contributed by atoms with van der Waals surface area (Å²) in [5.74, 6) is -2.51. The van der Waals surface area contributed by atoms with E-state index in [0.29, 0.717) is 6.54 Å². The van der Waals surface area contributed by atoms with E-state index in [2.05, 4.69) is 4.98 Å². The lowest BCUT2D eigenvalue weighted by molar-refractivity contribution is -0.148. The molecule has 1 aromatic rings. The fourth-order valence-electron chi connectivity index (χ4n) is 3.96. The van der Waals surface area contributed by atoms with Crippen LogP contribution in [0, 0.1) is 11.8 Å². The lowest BCUT2D eigenvalue weighted by Crippen LogP contribution is -2.39. The number of amides is 1. The third-order valence-corrected chi connectivity index (χ3v) is 5.07. The number of pyridine rings is 1. The van der Waals surface area contributed by atoms with Crippen molar-refractivity contribution in [2.24, 2.45) is 11.8 Å². The first-order valence-corrected chi connectivity index (χ1v) is 7.34. The van der Waals surface area contributed by atoms with Crippen LogP contribution in [-0.2, 0) is 14.3 Å². The van der Waals surface area contributed by atoms with E-state index in [9.17, 15) is 14.7 Å². The highest BCUT2D eigenvalue weighted by atomic mass is 16.5.